The summed E-state index contributed by atoms with van der Waals surface area (Å²) >= 11 is 0. The van der Waals surface area contributed by atoms with Crippen LogP contribution in [-0.4, -0.2) is 23.4 Å². The lowest BCUT2D eigenvalue weighted by atomic mass is 9.91. The summed E-state index contributed by atoms with van der Waals surface area (Å²) in [6.45, 7) is 3.61. The summed E-state index contributed by atoms with van der Waals surface area (Å²) in [4.78, 5) is 26.0. The van der Waals surface area contributed by atoms with Crippen LogP contribution >= 0.6 is 0 Å². The Morgan fingerprint density at radius 3 is 2.48 bits per heavy atom. The first-order valence-corrected chi connectivity index (χ1v) is 7.40. The molecule has 1 fully saturated rings. The van der Waals surface area contributed by atoms with E-state index in [0.29, 0.717) is 12.0 Å². The number of rotatable bonds is 5. The third kappa shape index (κ3) is 3.17. The van der Waals surface area contributed by atoms with Crippen molar-refractivity contribution in [2.75, 3.05) is 6.54 Å². The Morgan fingerprint density at radius 2 is 1.91 bits per heavy atom. The van der Waals surface area contributed by atoms with Gasteiger partial charge < -0.3 is 5.32 Å². The van der Waals surface area contributed by atoms with E-state index in [1.165, 1.54) is 0 Å². The molecule has 6 heteroatoms. The lowest BCUT2D eigenvalue weighted by Crippen LogP contribution is -2.41. The van der Waals surface area contributed by atoms with Crippen LogP contribution in [0.2, 0.25) is 0 Å². The molecule has 0 saturated carbocycles. The second-order valence-corrected chi connectivity index (χ2v) is 5.86. The van der Waals surface area contributed by atoms with Gasteiger partial charge in [-0.25, -0.2) is 4.79 Å². The molecule has 23 heavy (non-hydrogen) atoms. The fraction of sp³-hybridized carbons (Fsp3) is 0.412. The van der Waals surface area contributed by atoms with E-state index in [1.54, 1.807) is 6.92 Å². The van der Waals surface area contributed by atoms with Gasteiger partial charge in [0.25, 0.3) is 5.91 Å². The number of hydrogen-bond donors (Lipinski definition) is 1. The lowest BCUT2D eigenvalue weighted by Gasteiger charge is -2.23. The van der Waals surface area contributed by atoms with Crippen LogP contribution in [0.3, 0.4) is 0 Å². The maximum absolute atomic E-state index is 12.7. The summed E-state index contributed by atoms with van der Waals surface area (Å²) in [6, 6.07) is 10.9. The summed E-state index contributed by atoms with van der Waals surface area (Å²) in [5.41, 5.74) is 0.640. The second-order valence-electron chi connectivity index (χ2n) is 5.86. The molecule has 1 aromatic carbocycles. The van der Waals surface area contributed by atoms with E-state index in [2.05, 4.69) is 11.4 Å². The summed E-state index contributed by atoms with van der Waals surface area (Å²) in [7, 11) is 0. The van der Waals surface area contributed by atoms with Gasteiger partial charge in [0.2, 0.25) is 0 Å². The number of carbonyl (C=O) groups excluding carboxylic acids is 2. The van der Waals surface area contributed by atoms with Gasteiger partial charge in [-0.1, -0.05) is 29.8 Å². The Kier molecular flexibility index (Phi) is 4.66. The lowest BCUT2D eigenvalue weighted by molar-refractivity contribution is -0.131. The number of nitrogens with zero attached hydrogens (tertiary/aromatic N) is 3. The van der Waals surface area contributed by atoms with Crippen molar-refractivity contribution in [1.29, 1.82) is 10.5 Å². The number of hydrogen-bond acceptors (Lipinski definition) is 4. The van der Waals surface area contributed by atoms with E-state index in [9.17, 15) is 9.59 Å². The zero-order valence-electron chi connectivity index (χ0n) is 13.2. The molecule has 0 spiro atoms. The highest BCUT2D eigenvalue weighted by atomic mass is 16.2. The summed E-state index contributed by atoms with van der Waals surface area (Å²) in [5.74, 6) is -0.909. The topological polar surface area (TPSA) is 97.0 Å². The Bertz CT molecular complexity index is 699. The van der Waals surface area contributed by atoms with Gasteiger partial charge in [0, 0.05) is 13.0 Å². The molecule has 2 atom stereocenters. The number of nitriles is 2. The standard InChI is InChI=1S/C17H18N4O2/c1-12-5-7-14(8-6-12)17(2)15(22)21(16(23)20-17)11-13(10-19)4-3-9-18/h5-8,13H,3-4,11H2,1-2H3,(H,20,23)/t13-,17-/m1/s1. The van der Waals surface area contributed by atoms with Gasteiger partial charge in [0.1, 0.15) is 5.54 Å². The fourth-order valence-electron chi connectivity index (χ4n) is 2.60. The van der Waals surface area contributed by atoms with E-state index in [4.69, 9.17) is 10.5 Å². The first kappa shape index (κ1) is 16.5. The Balaban J connectivity index is 2.21. The highest BCUT2D eigenvalue weighted by Gasteiger charge is 2.49. The number of imide groups is 1. The van der Waals surface area contributed by atoms with Gasteiger partial charge in [0.15, 0.2) is 0 Å². The summed E-state index contributed by atoms with van der Waals surface area (Å²) in [6.07, 6.45) is 0.558. The van der Waals surface area contributed by atoms with Crippen LogP contribution in [0.5, 0.6) is 0 Å². The van der Waals surface area contributed by atoms with Crippen LogP contribution < -0.4 is 5.32 Å². The molecule has 118 valence electrons. The Morgan fingerprint density at radius 1 is 1.26 bits per heavy atom. The van der Waals surface area contributed by atoms with E-state index >= 15 is 0 Å². The Hall–Kier alpha value is -2.86. The van der Waals surface area contributed by atoms with Crippen molar-refractivity contribution in [3.63, 3.8) is 0 Å². The minimum Gasteiger partial charge on any atom is -0.319 e. The van der Waals surface area contributed by atoms with Crippen molar-refractivity contribution in [2.24, 2.45) is 5.92 Å². The molecule has 1 heterocycles. The van der Waals surface area contributed by atoms with Crippen LogP contribution in [0.15, 0.2) is 24.3 Å². The highest BCUT2D eigenvalue weighted by molar-refractivity contribution is 6.07. The summed E-state index contributed by atoms with van der Waals surface area (Å²) < 4.78 is 0. The monoisotopic (exact) mass is 310 g/mol. The van der Waals surface area contributed by atoms with Crippen molar-refractivity contribution in [1.82, 2.24) is 10.2 Å². The van der Waals surface area contributed by atoms with Crippen LogP contribution in [0.25, 0.3) is 0 Å². The molecule has 1 saturated heterocycles. The van der Waals surface area contributed by atoms with E-state index in [1.807, 2.05) is 37.3 Å². The van der Waals surface area contributed by atoms with Gasteiger partial charge in [-0.3, -0.25) is 9.69 Å². The van der Waals surface area contributed by atoms with Crippen molar-refractivity contribution in [3.8, 4) is 12.1 Å². The maximum Gasteiger partial charge on any atom is 0.325 e. The van der Waals surface area contributed by atoms with Gasteiger partial charge in [-0.05, 0) is 25.8 Å². The molecule has 0 unspecified atom stereocenters. The van der Waals surface area contributed by atoms with Crippen LogP contribution in [0.1, 0.15) is 30.9 Å². The molecule has 1 aliphatic heterocycles. The molecule has 0 aliphatic carbocycles. The van der Waals surface area contributed by atoms with Crippen molar-refractivity contribution in [2.45, 2.75) is 32.2 Å². The van der Waals surface area contributed by atoms with E-state index in [-0.39, 0.29) is 18.9 Å². The normalized spacial score (nSPS) is 21.5. The van der Waals surface area contributed by atoms with E-state index in [0.717, 1.165) is 10.5 Å². The smallest absolute Gasteiger partial charge is 0.319 e. The van der Waals surface area contributed by atoms with Crippen LogP contribution in [0.4, 0.5) is 4.79 Å². The Labute approximate surface area is 135 Å². The molecule has 2 rings (SSSR count). The fourth-order valence-corrected chi connectivity index (χ4v) is 2.60. The first-order chi connectivity index (χ1) is 10.9. The molecule has 0 radical (unpaired) electrons. The van der Waals surface area contributed by atoms with Crippen molar-refractivity contribution in [3.05, 3.63) is 35.4 Å². The van der Waals surface area contributed by atoms with Crippen molar-refractivity contribution >= 4 is 11.9 Å². The molecular formula is C17H18N4O2. The maximum atomic E-state index is 12.7. The second kappa shape index (κ2) is 6.50. The van der Waals surface area contributed by atoms with E-state index < -0.39 is 17.5 Å². The van der Waals surface area contributed by atoms with Gasteiger partial charge >= 0.3 is 6.03 Å². The molecule has 1 aromatic rings. The average Bonchev–Trinajstić information content (AvgIpc) is 2.75. The molecule has 0 bridgehead atoms. The minimum atomic E-state index is -1.12. The van der Waals surface area contributed by atoms with Gasteiger partial charge in [0.05, 0.1) is 18.1 Å². The third-order valence-electron chi connectivity index (χ3n) is 4.09. The molecule has 6 nitrogen and oxygen atoms in total. The zero-order chi connectivity index (χ0) is 17.0. The number of amides is 3. The number of benzene rings is 1. The van der Waals surface area contributed by atoms with Gasteiger partial charge in [-0.2, -0.15) is 10.5 Å². The zero-order valence-corrected chi connectivity index (χ0v) is 13.2. The molecule has 1 aliphatic rings. The predicted molar refractivity (Wildman–Crippen MR) is 82.7 cm³/mol. The highest BCUT2D eigenvalue weighted by Crippen LogP contribution is 2.29. The SMILES string of the molecule is Cc1ccc([C@@]2(C)NC(=O)N(C[C@@H](C#N)CCC#N)C2=O)cc1. The molecular weight excluding hydrogens is 292 g/mol. The summed E-state index contributed by atoms with van der Waals surface area (Å²) in [5, 5.41) is 20.5. The number of aryl methyl sites for hydroxylation is 1. The largest absolute Gasteiger partial charge is 0.325 e. The van der Waals surface area contributed by atoms with Crippen LogP contribution in [0, 0.1) is 35.5 Å². The third-order valence-corrected chi connectivity index (χ3v) is 4.09. The minimum absolute atomic E-state index is 0.00426. The van der Waals surface area contributed by atoms with Crippen LogP contribution in [-0.2, 0) is 10.3 Å². The number of nitrogens with one attached hydrogen (secondary N) is 1. The quantitative estimate of drug-likeness (QED) is 0.843. The predicted octanol–water partition coefficient (Wildman–Crippen LogP) is 2.21. The molecule has 3 amide bonds. The molecule has 0 aromatic heterocycles. The first-order valence-electron chi connectivity index (χ1n) is 7.40. The van der Waals surface area contributed by atoms with Gasteiger partial charge in [-0.15, -0.1) is 0 Å². The number of urea groups is 1. The number of carbonyl (C=O) groups is 2. The van der Waals surface area contributed by atoms with Crippen molar-refractivity contribution < 1.29 is 9.59 Å². The molecule has 1 N–H and O–H groups in total. The average molecular weight is 310 g/mol.